The van der Waals surface area contributed by atoms with Gasteiger partial charge in [0.15, 0.2) is 0 Å². The average molecular weight is 698 g/mol. The van der Waals surface area contributed by atoms with Gasteiger partial charge in [0.05, 0.1) is 0 Å². The minimum absolute atomic E-state index is 0.148. The van der Waals surface area contributed by atoms with E-state index >= 15 is 0 Å². The highest BCUT2D eigenvalue weighted by molar-refractivity contribution is 6.09. The van der Waals surface area contributed by atoms with Crippen molar-refractivity contribution in [2.24, 2.45) is 0 Å². The van der Waals surface area contributed by atoms with Crippen LogP contribution in [0.5, 0.6) is 0 Å². The van der Waals surface area contributed by atoms with E-state index in [0.29, 0.717) is 17.5 Å². The fraction of sp³-hybridized carbons (Fsp3) is 0.500. The average Bonchev–Trinajstić information content (AvgIpc) is 3.47. The molecule has 1 aliphatic rings. The number of carbonyl (C=O) groups excluding carboxylic acids is 2. The molecule has 1 saturated heterocycles. The van der Waals surface area contributed by atoms with Gasteiger partial charge in [-0.15, -0.1) is 0 Å². The van der Waals surface area contributed by atoms with Crippen LogP contribution in [0.25, 0.3) is 22.0 Å². The largest absolute Gasteiger partial charge is 0.354 e. The number of fused-ring (bicyclic) bond motifs is 1. The summed E-state index contributed by atoms with van der Waals surface area (Å²) in [6.07, 6.45) is 11.9. The first-order valence-corrected chi connectivity index (χ1v) is 18.6. The van der Waals surface area contributed by atoms with Crippen LogP contribution >= 0.6 is 0 Å². The smallest absolute Gasteiger partial charge is 0.253 e. The van der Waals surface area contributed by atoms with Gasteiger partial charge in [0, 0.05) is 90.9 Å². The second-order valence-corrected chi connectivity index (χ2v) is 14.2. The number of hydrogen-bond acceptors (Lipinski definition) is 7. The molecule has 4 N–H and O–H groups in total. The lowest BCUT2D eigenvalue weighted by molar-refractivity contribution is -0.129. The molecular formula is C40H55N7O4. The molecule has 0 saturated carbocycles. The fourth-order valence-electron chi connectivity index (χ4n) is 7.19. The number of aromatic amines is 1. The van der Waals surface area contributed by atoms with Gasteiger partial charge in [-0.1, -0.05) is 32.6 Å². The van der Waals surface area contributed by atoms with Crippen molar-refractivity contribution in [1.82, 2.24) is 30.2 Å². The highest BCUT2D eigenvalue weighted by Gasteiger charge is 2.21. The molecule has 0 spiro atoms. The number of benzene rings is 1. The third kappa shape index (κ3) is 9.45. The monoisotopic (exact) mass is 697 g/mol. The van der Waals surface area contributed by atoms with E-state index < -0.39 is 0 Å². The number of nitrogens with one attached hydrogen (secondary N) is 3. The highest BCUT2D eigenvalue weighted by Crippen LogP contribution is 2.34. The van der Waals surface area contributed by atoms with Crippen LogP contribution in [0.1, 0.15) is 104 Å². The quantitative estimate of drug-likeness (QED) is 0.0591. The van der Waals surface area contributed by atoms with E-state index in [0.717, 1.165) is 103 Å². The zero-order valence-electron chi connectivity index (χ0n) is 31.0. The number of aromatic nitrogens is 3. The van der Waals surface area contributed by atoms with E-state index in [2.05, 4.69) is 69.8 Å². The first kappa shape index (κ1) is 37.8. The molecule has 0 bridgehead atoms. The second kappa shape index (κ2) is 17.6. The summed E-state index contributed by atoms with van der Waals surface area (Å²) in [4.78, 5) is 50.3. The standard InChI is InChI=1S/C40H55N7O4/c1-6-30(5)47-26-28(3)38-33(39(49)42-25-34-27(2)21-29(4)43-40(34)50)22-32(23-35(38)47)31-14-15-36(41-24-31)46-19-17-45(18-20-46)16-12-10-8-7-9-11-13-37(48)44-51/h14-15,21-24,26,30,51H,6-13,16-20,25H2,1-5H3,(H,42,49)(H,43,50)(H,44,48)/t30-/m1/s1. The number of unbranched alkanes of at least 4 members (excludes halogenated alkanes) is 5. The van der Waals surface area contributed by atoms with Crippen molar-refractivity contribution in [1.29, 1.82) is 0 Å². The van der Waals surface area contributed by atoms with Crippen molar-refractivity contribution in [3.8, 4) is 11.1 Å². The number of piperazine rings is 1. The molecule has 5 rings (SSSR count). The van der Waals surface area contributed by atoms with Gasteiger partial charge in [0.25, 0.3) is 11.5 Å². The number of anilines is 1. The molecule has 4 heterocycles. The number of hydrogen-bond donors (Lipinski definition) is 4. The maximum atomic E-state index is 13.9. The first-order valence-electron chi connectivity index (χ1n) is 18.6. The Balaban J connectivity index is 1.24. The van der Waals surface area contributed by atoms with Gasteiger partial charge in [-0.25, -0.2) is 10.5 Å². The van der Waals surface area contributed by atoms with Gasteiger partial charge in [-0.05, 0) is 101 Å². The number of hydroxylamine groups is 1. The van der Waals surface area contributed by atoms with Crippen LogP contribution in [0.2, 0.25) is 0 Å². The summed E-state index contributed by atoms with van der Waals surface area (Å²) in [6.45, 7) is 15.3. The molecule has 11 heteroatoms. The molecule has 0 unspecified atom stereocenters. The Morgan fingerprint density at radius 3 is 2.33 bits per heavy atom. The molecule has 2 amide bonds. The van der Waals surface area contributed by atoms with Crippen molar-refractivity contribution in [3.05, 3.63) is 81.0 Å². The van der Waals surface area contributed by atoms with Crippen molar-refractivity contribution in [2.45, 2.75) is 98.6 Å². The summed E-state index contributed by atoms with van der Waals surface area (Å²) in [5.41, 5.74) is 8.26. The van der Waals surface area contributed by atoms with Crippen LogP contribution < -0.4 is 21.3 Å². The van der Waals surface area contributed by atoms with E-state index in [9.17, 15) is 14.4 Å². The van der Waals surface area contributed by atoms with Crippen LogP contribution in [0, 0.1) is 20.8 Å². The van der Waals surface area contributed by atoms with Gasteiger partial charge in [0.2, 0.25) is 5.91 Å². The summed E-state index contributed by atoms with van der Waals surface area (Å²) in [5, 5.41) is 12.5. The molecule has 51 heavy (non-hydrogen) atoms. The third-order valence-corrected chi connectivity index (χ3v) is 10.4. The van der Waals surface area contributed by atoms with Gasteiger partial charge in [0.1, 0.15) is 5.82 Å². The number of nitrogens with zero attached hydrogens (tertiary/aromatic N) is 4. The van der Waals surface area contributed by atoms with Crippen LogP contribution in [0.15, 0.2) is 47.5 Å². The molecule has 0 radical (unpaired) electrons. The molecule has 1 aromatic carbocycles. The van der Waals surface area contributed by atoms with E-state index in [1.165, 1.54) is 19.3 Å². The number of H-pyrrole nitrogens is 1. The van der Waals surface area contributed by atoms with Gasteiger partial charge >= 0.3 is 0 Å². The molecule has 4 aromatic rings. The maximum absolute atomic E-state index is 13.9. The SMILES string of the molecule is CC[C@@H](C)n1cc(C)c2c(C(=O)NCc3c(C)cc(C)[nH]c3=O)cc(-c3ccc(N4CCN(CCCCCCCCC(=O)NO)CC4)nc3)cc21. The van der Waals surface area contributed by atoms with Gasteiger partial charge in [-0.2, -0.15) is 0 Å². The lowest BCUT2D eigenvalue weighted by atomic mass is 9.98. The van der Waals surface area contributed by atoms with Crippen LogP contribution in [-0.2, 0) is 11.3 Å². The Hall–Kier alpha value is -4.48. The first-order chi connectivity index (χ1) is 24.6. The van der Waals surface area contributed by atoms with Crippen LogP contribution in [0.3, 0.4) is 0 Å². The molecule has 0 aliphatic carbocycles. The Morgan fingerprint density at radius 2 is 1.67 bits per heavy atom. The van der Waals surface area contributed by atoms with E-state index in [4.69, 9.17) is 10.2 Å². The molecule has 274 valence electrons. The minimum Gasteiger partial charge on any atom is -0.354 e. The van der Waals surface area contributed by atoms with Crippen molar-refractivity contribution in [2.75, 3.05) is 37.6 Å². The number of rotatable bonds is 16. The Labute approximate surface area is 301 Å². The molecule has 11 nitrogen and oxygen atoms in total. The van der Waals surface area contributed by atoms with Gasteiger partial charge < -0.3 is 19.8 Å². The van der Waals surface area contributed by atoms with Crippen molar-refractivity contribution in [3.63, 3.8) is 0 Å². The zero-order valence-corrected chi connectivity index (χ0v) is 31.0. The summed E-state index contributed by atoms with van der Waals surface area (Å²) in [6, 6.07) is 10.5. The van der Waals surface area contributed by atoms with E-state index in [1.807, 2.05) is 32.2 Å². The summed E-state index contributed by atoms with van der Waals surface area (Å²) < 4.78 is 2.27. The predicted molar refractivity (Wildman–Crippen MR) is 204 cm³/mol. The lowest BCUT2D eigenvalue weighted by Gasteiger charge is -2.35. The van der Waals surface area contributed by atoms with Gasteiger partial charge in [-0.3, -0.25) is 24.5 Å². The predicted octanol–water partition coefficient (Wildman–Crippen LogP) is 6.58. The molecule has 3 aromatic heterocycles. The molecule has 1 fully saturated rings. The van der Waals surface area contributed by atoms with E-state index in [1.54, 1.807) is 5.48 Å². The number of amides is 2. The van der Waals surface area contributed by atoms with Crippen molar-refractivity contribution < 1.29 is 14.8 Å². The summed E-state index contributed by atoms with van der Waals surface area (Å²) in [7, 11) is 0. The topological polar surface area (TPSA) is 136 Å². The number of carbonyl (C=O) groups is 2. The molecule has 1 atom stereocenters. The zero-order chi connectivity index (χ0) is 36.5. The Bertz CT molecular complexity index is 1860. The maximum Gasteiger partial charge on any atom is 0.253 e. The van der Waals surface area contributed by atoms with Crippen molar-refractivity contribution >= 4 is 28.5 Å². The highest BCUT2D eigenvalue weighted by atomic mass is 16.5. The number of aryl methyl sites for hydroxylation is 3. The van der Waals surface area contributed by atoms with Crippen LogP contribution in [0.4, 0.5) is 5.82 Å². The molecular weight excluding hydrogens is 642 g/mol. The molecule has 1 aliphatic heterocycles. The Morgan fingerprint density at radius 1 is 0.941 bits per heavy atom. The summed E-state index contributed by atoms with van der Waals surface area (Å²) in [5.74, 6) is 0.449. The Kier molecular flexibility index (Phi) is 13.1. The fourth-order valence-corrected chi connectivity index (χ4v) is 7.19. The number of pyridine rings is 2. The second-order valence-electron chi connectivity index (χ2n) is 14.2. The third-order valence-electron chi connectivity index (χ3n) is 10.4. The summed E-state index contributed by atoms with van der Waals surface area (Å²) >= 11 is 0. The minimum atomic E-state index is -0.304. The normalized spacial score (nSPS) is 14.2. The lowest BCUT2D eigenvalue weighted by Crippen LogP contribution is -2.46. The van der Waals surface area contributed by atoms with Crippen LogP contribution in [-0.4, -0.2) is 69.2 Å². The van der Waals surface area contributed by atoms with E-state index in [-0.39, 0.29) is 30.0 Å².